The van der Waals surface area contributed by atoms with Crippen LogP contribution in [0.15, 0.2) is 0 Å². The van der Waals surface area contributed by atoms with E-state index in [0.29, 0.717) is 18.8 Å². The number of hydrogen-bond donors (Lipinski definition) is 0. The van der Waals surface area contributed by atoms with Crippen LogP contribution in [0.25, 0.3) is 0 Å². The Morgan fingerprint density at radius 2 is 1.62 bits per heavy atom. The van der Waals surface area contributed by atoms with Crippen LogP contribution in [0.3, 0.4) is 0 Å². The van der Waals surface area contributed by atoms with Gasteiger partial charge in [0.2, 0.25) is 5.91 Å². The largest absolute Gasteiger partial charge is 0.469 e. The fourth-order valence-corrected chi connectivity index (χ4v) is 3.75. The lowest BCUT2D eigenvalue weighted by Crippen LogP contribution is -2.45. The molecule has 120 valence electrons. The Bertz CT molecular complexity index is 348. The predicted octanol–water partition coefficient (Wildman–Crippen LogP) is 3.29. The summed E-state index contributed by atoms with van der Waals surface area (Å²) in [5, 5.41) is 0. The van der Waals surface area contributed by atoms with Gasteiger partial charge in [0.25, 0.3) is 0 Å². The first-order valence-corrected chi connectivity index (χ1v) is 8.57. The quantitative estimate of drug-likeness (QED) is 0.590. The Morgan fingerprint density at radius 1 is 0.952 bits per heavy atom. The van der Waals surface area contributed by atoms with Gasteiger partial charge in [-0.15, -0.1) is 0 Å². The van der Waals surface area contributed by atoms with Crippen molar-refractivity contribution in [1.29, 1.82) is 0 Å². The minimum absolute atomic E-state index is 0.0597. The molecule has 21 heavy (non-hydrogen) atoms. The second-order valence-corrected chi connectivity index (χ2v) is 6.58. The number of methoxy groups -OCH3 is 1. The highest BCUT2D eigenvalue weighted by molar-refractivity contribution is 5.78. The molecule has 1 saturated heterocycles. The monoisotopic (exact) mass is 295 g/mol. The summed E-state index contributed by atoms with van der Waals surface area (Å²) in [6.07, 6.45) is 11.7. The highest BCUT2D eigenvalue weighted by atomic mass is 16.5. The summed E-state index contributed by atoms with van der Waals surface area (Å²) in [7, 11) is 1.42. The minimum Gasteiger partial charge on any atom is -0.469 e. The molecule has 0 bridgehead atoms. The van der Waals surface area contributed by atoms with Gasteiger partial charge in [0.1, 0.15) is 0 Å². The van der Waals surface area contributed by atoms with Crippen molar-refractivity contribution in [3.63, 3.8) is 0 Å². The van der Waals surface area contributed by atoms with Gasteiger partial charge in [-0.1, -0.05) is 25.7 Å². The molecule has 2 fully saturated rings. The van der Waals surface area contributed by atoms with Crippen molar-refractivity contribution in [3.8, 4) is 0 Å². The van der Waals surface area contributed by atoms with Crippen LogP contribution in [0.2, 0.25) is 0 Å². The Morgan fingerprint density at radius 3 is 2.29 bits per heavy atom. The van der Waals surface area contributed by atoms with Gasteiger partial charge in [-0.25, -0.2) is 0 Å². The van der Waals surface area contributed by atoms with Gasteiger partial charge in [0.05, 0.1) is 13.5 Å². The summed E-state index contributed by atoms with van der Waals surface area (Å²) in [5.41, 5.74) is 0. The molecule has 1 amide bonds. The summed E-state index contributed by atoms with van der Waals surface area (Å²) in [6.45, 7) is 0.813. The number of carbonyl (C=O) groups excluding carboxylic acids is 2. The van der Waals surface area contributed by atoms with Crippen LogP contribution in [0.4, 0.5) is 0 Å². The lowest BCUT2D eigenvalue weighted by molar-refractivity contribution is -0.144. The molecular weight excluding hydrogens is 266 g/mol. The summed E-state index contributed by atoms with van der Waals surface area (Å²) in [4.78, 5) is 26.1. The zero-order chi connectivity index (χ0) is 15.1. The average Bonchev–Trinajstić information content (AvgIpc) is 2.76. The zero-order valence-corrected chi connectivity index (χ0v) is 13.3. The molecule has 4 heteroatoms. The normalized spacial score (nSPS) is 24.4. The van der Waals surface area contributed by atoms with Crippen molar-refractivity contribution in [2.75, 3.05) is 13.7 Å². The molecule has 1 aliphatic carbocycles. The standard InChI is InChI=1S/C17H29NO3/c1-21-17(20)13-15-10-6-7-11-18(15)16(19)12-14-8-4-2-3-5-9-14/h14-15H,2-13H2,1H3. The molecule has 0 aromatic rings. The molecule has 4 nitrogen and oxygen atoms in total. The number of nitrogens with zero attached hydrogens (tertiary/aromatic N) is 1. The zero-order valence-electron chi connectivity index (χ0n) is 13.3. The number of ether oxygens (including phenoxy) is 1. The lowest BCUT2D eigenvalue weighted by atomic mass is 9.93. The topological polar surface area (TPSA) is 46.6 Å². The van der Waals surface area contributed by atoms with Crippen LogP contribution in [0.5, 0.6) is 0 Å². The molecule has 0 aromatic heterocycles. The van der Waals surface area contributed by atoms with Gasteiger partial charge < -0.3 is 9.64 Å². The number of piperidine rings is 1. The van der Waals surface area contributed by atoms with Gasteiger partial charge >= 0.3 is 5.97 Å². The summed E-state index contributed by atoms with van der Waals surface area (Å²) >= 11 is 0. The number of amides is 1. The van der Waals surface area contributed by atoms with Crippen molar-refractivity contribution in [2.45, 2.75) is 76.7 Å². The summed E-state index contributed by atoms with van der Waals surface area (Å²) in [6, 6.07) is 0.0597. The third-order valence-corrected chi connectivity index (χ3v) is 5.02. The van der Waals surface area contributed by atoms with E-state index in [2.05, 4.69) is 0 Å². The number of likely N-dealkylation sites (tertiary alicyclic amines) is 1. The molecule has 1 saturated carbocycles. The van der Waals surface area contributed by atoms with E-state index in [1.807, 2.05) is 4.90 Å². The fraction of sp³-hybridized carbons (Fsp3) is 0.882. The molecule has 0 N–H and O–H groups in total. The number of esters is 1. The summed E-state index contributed by atoms with van der Waals surface area (Å²) < 4.78 is 4.77. The van der Waals surface area contributed by atoms with Gasteiger partial charge in [0.15, 0.2) is 0 Å². The predicted molar refractivity (Wildman–Crippen MR) is 81.8 cm³/mol. The Labute approximate surface area is 128 Å². The van der Waals surface area contributed by atoms with Gasteiger partial charge in [-0.05, 0) is 38.0 Å². The molecule has 2 rings (SSSR count). The molecule has 0 spiro atoms. The fourth-order valence-electron chi connectivity index (χ4n) is 3.75. The van der Waals surface area contributed by atoms with Crippen molar-refractivity contribution in [1.82, 2.24) is 4.90 Å². The van der Waals surface area contributed by atoms with E-state index in [9.17, 15) is 9.59 Å². The van der Waals surface area contributed by atoms with Gasteiger partial charge in [0, 0.05) is 19.0 Å². The maximum atomic E-state index is 12.6. The third kappa shape index (κ3) is 5.01. The number of hydrogen-bond acceptors (Lipinski definition) is 3. The van der Waals surface area contributed by atoms with E-state index in [1.165, 1.54) is 45.6 Å². The molecule has 1 heterocycles. The van der Waals surface area contributed by atoms with Crippen LogP contribution < -0.4 is 0 Å². The second kappa shape index (κ2) is 8.40. The first-order valence-electron chi connectivity index (χ1n) is 8.57. The van der Waals surface area contributed by atoms with Crippen molar-refractivity contribution >= 4 is 11.9 Å². The third-order valence-electron chi connectivity index (χ3n) is 5.02. The van der Waals surface area contributed by atoms with Gasteiger partial charge in [-0.2, -0.15) is 0 Å². The maximum Gasteiger partial charge on any atom is 0.307 e. The highest BCUT2D eigenvalue weighted by Gasteiger charge is 2.30. The van der Waals surface area contributed by atoms with E-state index in [-0.39, 0.29) is 17.9 Å². The average molecular weight is 295 g/mol. The first kappa shape index (κ1) is 16.3. The number of rotatable bonds is 4. The van der Waals surface area contributed by atoms with E-state index >= 15 is 0 Å². The molecule has 1 aliphatic heterocycles. The van der Waals surface area contributed by atoms with E-state index in [1.54, 1.807) is 0 Å². The first-order chi connectivity index (χ1) is 10.2. The molecular formula is C17H29NO3. The SMILES string of the molecule is COC(=O)CC1CCCCN1C(=O)CC1CCCCCC1. The Kier molecular flexibility index (Phi) is 6.52. The maximum absolute atomic E-state index is 12.6. The van der Waals surface area contributed by atoms with Crippen LogP contribution in [-0.2, 0) is 14.3 Å². The summed E-state index contributed by atoms with van der Waals surface area (Å²) in [5.74, 6) is 0.616. The molecule has 2 aliphatic rings. The molecule has 1 unspecified atom stereocenters. The van der Waals surface area contributed by atoms with E-state index in [0.717, 1.165) is 25.8 Å². The van der Waals surface area contributed by atoms with E-state index < -0.39 is 0 Å². The molecule has 0 radical (unpaired) electrons. The Hall–Kier alpha value is -1.06. The number of carbonyl (C=O) groups is 2. The minimum atomic E-state index is -0.200. The van der Waals surface area contributed by atoms with Crippen LogP contribution >= 0.6 is 0 Å². The van der Waals surface area contributed by atoms with Crippen LogP contribution in [0, 0.1) is 5.92 Å². The van der Waals surface area contributed by atoms with Crippen molar-refractivity contribution in [3.05, 3.63) is 0 Å². The van der Waals surface area contributed by atoms with Crippen molar-refractivity contribution < 1.29 is 14.3 Å². The Balaban J connectivity index is 1.89. The molecule has 0 aromatic carbocycles. The van der Waals surface area contributed by atoms with E-state index in [4.69, 9.17) is 4.74 Å². The van der Waals surface area contributed by atoms with Crippen molar-refractivity contribution in [2.24, 2.45) is 5.92 Å². The lowest BCUT2D eigenvalue weighted by Gasteiger charge is -2.36. The smallest absolute Gasteiger partial charge is 0.307 e. The van der Waals surface area contributed by atoms with Gasteiger partial charge in [-0.3, -0.25) is 9.59 Å². The highest BCUT2D eigenvalue weighted by Crippen LogP contribution is 2.28. The van der Waals surface area contributed by atoms with Crippen LogP contribution in [0.1, 0.15) is 70.6 Å². The van der Waals surface area contributed by atoms with Crippen LogP contribution in [-0.4, -0.2) is 36.5 Å². The molecule has 1 atom stereocenters. The second-order valence-electron chi connectivity index (χ2n) is 6.58.